The molecule has 0 N–H and O–H groups in total. The summed E-state index contributed by atoms with van der Waals surface area (Å²) in [6, 6.07) is 0. The predicted octanol–water partition coefficient (Wildman–Crippen LogP) is 3.28. The summed E-state index contributed by atoms with van der Waals surface area (Å²) < 4.78 is 0. The molecule has 0 aliphatic carbocycles. The maximum atomic E-state index is 2.48. The molecule has 70 valence electrons. The largest absolute Gasteiger partial charge is 0.275 e. The Hall–Kier alpha value is 0.0900. The topological polar surface area (TPSA) is 0 Å². The summed E-state index contributed by atoms with van der Waals surface area (Å²) in [4.78, 5) is 0. The molecule has 0 aliphatic heterocycles. The highest BCUT2D eigenvalue weighted by Crippen LogP contribution is 2.61. The summed E-state index contributed by atoms with van der Waals surface area (Å²) in [7, 11) is -1.36. The Labute approximate surface area is 72.4 Å². The lowest BCUT2D eigenvalue weighted by atomic mass is 10.5. The van der Waals surface area contributed by atoms with Crippen LogP contribution in [0.3, 0.4) is 0 Å². The molecule has 0 aromatic heterocycles. The molecule has 0 aromatic carbocycles. The lowest BCUT2D eigenvalue weighted by Crippen LogP contribution is -2.13. The molecule has 0 fully saturated rings. The van der Waals surface area contributed by atoms with E-state index in [1.807, 2.05) is 0 Å². The molecule has 0 bridgehead atoms. The lowest BCUT2D eigenvalue weighted by molar-refractivity contribution is 1.09. The van der Waals surface area contributed by atoms with Crippen molar-refractivity contribution in [3.05, 3.63) is 11.5 Å². The molecule has 0 saturated heterocycles. The third-order valence-corrected chi connectivity index (χ3v) is 5.28. The van der Waals surface area contributed by atoms with Crippen molar-refractivity contribution in [1.29, 1.82) is 0 Å². The Morgan fingerprint density at radius 2 is 1.64 bits per heavy atom. The van der Waals surface area contributed by atoms with Gasteiger partial charge in [-0.2, -0.15) is 0 Å². The van der Waals surface area contributed by atoms with Crippen LogP contribution in [0, 0.1) is 0 Å². The van der Waals surface area contributed by atoms with E-state index >= 15 is 0 Å². The molecule has 0 nitrogen and oxygen atoms in total. The molecular weight excluding hydrogens is 152 g/mol. The van der Waals surface area contributed by atoms with E-state index in [1.54, 1.807) is 0 Å². The molecule has 0 rings (SSSR count). The van der Waals surface area contributed by atoms with Crippen molar-refractivity contribution in [2.75, 3.05) is 24.5 Å². The Morgan fingerprint density at radius 1 is 1.09 bits per heavy atom. The smallest absolute Gasteiger partial charge is 0.0338 e. The fraction of sp³-hybridized carbons (Fsp3) is 0.800. The fourth-order valence-electron chi connectivity index (χ4n) is 1.37. The van der Waals surface area contributed by atoms with Crippen LogP contribution in [-0.2, 0) is 0 Å². The van der Waals surface area contributed by atoms with Crippen LogP contribution < -0.4 is 0 Å². The standard InChI is InChI=1S/C10H24S/c1-6-8-10-11(3,4,5)9-7-2/h8,10-11H,6-7,9H2,1-5H3/b10-8-. The van der Waals surface area contributed by atoms with E-state index in [-0.39, 0.29) is 0 Å². The molecular formula is C10H24S. The van der Waals surface area contributed by atoms with Gasteiger partial charge < -0.3 is 0 Å². The zero-order valence-electron chi connectivity index (χ0n) is 8.72. The average molecular weight is 176 g/mol. The van der Waals surface area contributed by atoms with E-state index in [4.69, 9.17) is 0 Å². The third kappa shape index (κ3) is 5.37. The second-order valence-corrected chi connectivity index (χ2v) is 12.0. The molecule has 0 spiro atoms. The number of hydrogen-bond donors (Lipinski definition) is 1. The van der Waals surface area contributed by atoms with Crippen molar-refractivity contribution in [3.8, 4) is 0 Å². The normalized spacial score (nSPS) is 16.6. The molecule has 0 radical (unpaired) electrons. The molecule has 0 aliphatic rings. The van der Waals surface area contributed by atoms with Crippen molar-refractivity contribution >= 4 is 9.16 Å². The highest BCUT2D eigenvalue weighted by molar-refractivity contribution is 8.50. The summed E-state index contributed by atoms with van der Waals surface area (Å²) in [5, 5.41) is 2.48. The van der Waals surface area contributed by atoms with Crippen LogP contribution >= 0.6 is 9.16 Å². The maximum absolute atomic E-state index is 2.48. The van der Waals surface area contributed by atoms with Crippen molar-refractivity contribution in [3.63, 3.8) is 0 Å². The fourth-order valence-corrected chi connectivity index (χ4v) is 4.11. The summed E-state index contributed by atoms with van der Waals surface area (Å²) in [5.74, 6) is 1.39. The van der Waals surface area contributed by atoms with Gasteiger partial charge in [0.1, 0.15) is 0 Å². The molecule has 0 atom stereocenters. The summed E-state index contributed by atoms with van der Waals surface area (Å²) >= 11 is 0. The van der Waals surface area contributed by atoms with Gasteiger partial charge in [0.15, 0.2) is 0 Å². The predicted molar refractivity (Wildman–Crippen MR) is 61.3 cm³/mol. The zero-order chi connectivity index (χ0) is 8.98. The zero-order valence-corrected chi connectivity index (χ0v) is 9.62. The first-order valence-corrected chi connectivity index (χ1v) is 8.40. The van der Waals surface area contributed by atoms with Gasteiger partial charge in [-0.1, -0.05) is 25.3 Å². The first kappa shape index (κ1) is 11.1. The first-order chi connectivity index (χ1) is 4.89. The van der Waals surface area contributed by atoms with Crippen molar-refractivity contribution in [1.82, 2.24) is 0 Å². The van der Waals surface area contributed by atoms with Crippen molar-refractivity contribution in [2.24, 2.45) is 0 Å². The van der Waals surface area contributed by atoms with Crippen molar-refractivity contribution in [2.45, 2.75) is 26.7 Å². The first-order valence-electron chi connectivity index (χ1n) is 4.57. The van der Waals surface area contributed by atoms with E-state index in [1.165, 1.54) is 18.6 Å². The van der Waals surface area contributed by atoms with Crippen LogP contribution in [-0.4, -0.2) is 24.5 Å². The maximum Gasteiger partial charge on any atom is -0.0338 e. The number of rotatable bonds is 4. The van der Waals surface area contributed by atoms with Crippen LogP contribution in [0.25, 0.3) is 0 Å². The van der Waals surface area contributed by atoms with E-state index in [0.717, 1.165) is 0 Å². The molecule has 0 saturated carbocycles. The minimum atomic E-state index is -1.36. The summed E-state index contributed by atoms with van der Waals surface area (Å²) in [5.41, 5.74) is 0. The van der Waals surface area contributed by atoms with Crippen LogP contribution in [0.1, 0.15) is 26.7 Å². The molecule has 0 heterocycles. The van der Waals surface area contributed by atoms with Gasteiger partial charge in [0.2, 0.25) is 0 Å². The molecule has 0 amide bonds. The van der Waals surface area contributed by atoms with Gasteiger partial charge in [-0.15, -0.1) is 0 Å². The minimum absolute atomic E-state index is 1.18. The van der Waals surface area contributed by atoms with Gasteiger partial charge in [0.05, 0.1) is 0 Å². The summed E-state index contributed by atoms with van der Waals surface area (Å²) in [6.07, 6.45) is 12.2. The number of thiol groups is 1. The van der Waals surface area contributed by atoms with E-state index in [2.05, 4.69) is 44.1 Å². The van der Waals surface area contributed by atoms with E-state index in [0.29, 0.717) is 0 Å². The molecule has 0 unspecified atom stereocenters. The van der Waals surface area contributed by atoms with Crippen LogP contribution in [0.15, 0.2) is 11.5 Å². The van der Waals surface area contributed by atoms with Crippen molar-refractivity contribution < 1.29 is 0 Å². The highest BCUT2D eigenvalue weighted by Gasteiger charge is 2.19. The molecule has 1 heteroatoms. The van der Waals surface area contributed by atoms with E-state index < -0.39 is 9.16 Å². The van der Waals surface area contributed by atoms with Gasteiger partial charge in [-0.05, 0) is 37.4 Å². The van der Waals surface area contributed by atoms with Gasteiger partial charge in [-0.25, -0.2) is 0 Å². The number of hydrogen-bond acceptors (Lipinski definition) is 0. The van der Waals surface area contributed by atoms with Gasteiger partial charge >= 0.3 is 0 Å². The van der Waals surface area contributed by atoms with Gasteiger partial charge in [0, 0.05) is 0 Å². The molecule has 0 aromatic rings. The second kappa shape index (κ2) is 3.66. The van der Waals surface area contributed by atoms with Gasteiger partial charge in [-0.3, -0.25) is 9.16 Å². The SMILES string of the molecule is CC/C=C\[SH](C)(C)(C)CCC. The van der Waals surface area contributed by atoms with Gasteiger partial charge in [0.25, 0.3) is 0 Å². The Kier molecular flexibility index (Phi) is 3.69. The summed E-state index contributed by atoms with van der Waals surface area (Å²) in [6.45, 7) is 4.48. The van der Waals surface area contributed by atoms with Crippen LogP contribution in [0.5, 0.6) is 0 Å². The Bertz CT molecular complexity index is 137. The Balaban J connectivity index is 4.24. The average Bonchev–Trinajstić information content (AvgIpc) is 1.83. The second-order valence-electron chi connectivity index (χ2n) is 4.76. The lowest BCUT2D eigenvalue weighted by Gasteiger charge is -2.48. The number of allylic oxidation sites excluding steroid dienone is 1. The third-order valence-electron chi connectivity index (χ3n) is 1.92. The van der Waals surface area contributed by atoms with Crippen LogP contribution in [0.4, 0.5) is 0 Å². The minimum Gasteiger partial charge on any atom is -0.275 e. The van der Waals surface area contributed by atoms with Crippen LogP contribution in [0.2, 0.25) is 0 Å². The van der Waals surface area contributed by atoms with E-state index in [9.17, 15) is 0 Å². The Morgan fingerprint density at radius 3 is 2.00 bits per heavy atom. The quantitative estimate of drug-likeness (QED) is 0.624. The monoisotopic (exact) mass is 176 g/mol. The highest BCUT2D eigenvalue weighted by atomic mass is 32.3. The molecule has 11 heavy (non-hydrogen) atoms.